The average molecular weight is 232 g/mol. The molecule has 0 amide bonds. The predicted molar refractivity (Wildman–Crippen MR) is 54.4 cm³/mol. The summed E-state index contributed by atoms with van der Waals surface area (Å²) >= 11 is 0. The molecule has 7 nitrogen and oxygen atoms in total. The average Bonchev–Trinajstić information content (AvgIpc) is 2.05. The topological polar surface area (TPSA) is 113 Å². The van der Waals surface area contributed by atoms with Gasteiger partial charge in [0.2, 0.25) is 10.0 Å². The number of anilines is 2. The highest BCUT2D eigenvalue weighted by Gasteiger charge is 2.18. The molecule has 82 valence electrons. The van der Waals surface area contributed by atoms with Crippen LogP contribution in [0.15, 0.2) is 18.2 Å². The molecule has 0 radical (unpaired) electrons. The smallest absolute Gasteiger partial charge is 0.341 e. The molecule has 0 atom stereocenters. The molecule has 0 saturated heterocycles. The Morgan fingerprint density at radius 2 is 2.07 bits per heavy atom. The van der Waals surface area contributed by atoms with Crippen LogP contribution in [0.25, 0.3) is 0 Å². The fourth-order valence-electron chi connectivity index (χ4n) is 0.987. The Bertz CT molecular complexity index is 497. The fraction of sp³-hybridized carbons (Fsp3) is 0.143. The van der Waals surface area contributed by atoms with E-state index in [0.29, 0.717) is 0 Å². The van der Waals surface area contributed by atoms with Crippen LogP contribution < -0.4 is 10.5 Å². The largest absolute Gasteiger partial charge is 0.393 e. The molecule has 0 spiro atoms. The number of nitrogen functional groups attached to an aromatic ring is 1. The molecule has 4 N–H and O–H groups in total. The molecule has 0 aliphatic rings. The van der Waals surface area contributed by atoms with E-state index in [9.17, 15) is 13.3 Å². The van der Waals surface area contributed by atoms with Gasteiger partial charge in [0.1, 0.15) is 5.69 Å². The molecular formula is C7H10N3O4S+. The number of nitrogens with one attached hydrogen (secondary N) is 1. The Labute approximate surface area is 86.1 Å². The molecule has 1 aromatic rings. The molecule has 0 heterocycles. The number of hydrogen-bond acceptors (Lipinski definition) is 4. The van der Waals surface area contributed by atoms with E-state index in [2.05, 4.69) is 4.72 Å². The third kappa shape index (κ3) is 3.09. The second-order valence-electron chi connectivity index (χ2n) is 2.92. The van der Waals surface area contributed by atoms with Crippen molar-refractivity contribution in [2.24, 2.45) is 0 Å². The predicted octanol–water partition coefficient (Wildman–Crippen LogP) is 0.440. The van der Waals surface area contributed by atoms with E-state index in [1.807, 2.05) is 0 Å². The van der Waals surface area contributed by atoms with Gasteiger partial charge in [-0.1, -0.05) is 0 Å². The first-order valence-corrected chi connectivity index (χ1v) is 5.72. The van der Waals surface area contributed by atoms with Crippen LogP contribution in [0, 0.1) is 4.91 Å². The Morgan fingerprint density at radius 3 is 2.53 bits per heavy atom. The first-order valence-electron chi connectivity index (χ1n) is 3.83. The van der Waals surface area contributed by atoms with Crippen molar-refractivity contribution in [2.75, 3.05) is 16.7 Å². The van der Waals surface area contributed by atoms with Crippen LogP contribution in [0.4, 0.5) is 17.1 Å². The summed E-state index contributed by atoms with van der Waals surface area (Å²) in [5.41, 5.74) is 5.35. The maximum Gasteiger partial charge on any atom is 0.341 e. The third-order valence-corrected chi connectivity index (χ3v) is 2.15. The van der Waals surface area contributed by atoms with E-state index < -0.39 is 14.9 Å². The molecule has 8 heteroatoms. The number of hydrogen-bond donors (Lipinski definition) is 3. The van der Waals surface area contributed by atoms with Crippen LogP contribution in [0.5, 0.6) is 0 Å². The summed E-state index contributed by atoms with van der Waals surface area (Å²) in [5, 5.41) is 8.65. The summed E-state index contributed by atoms with van der Waals surface area (Å²) in [6.45, 7) is 0. The fourth-order valence-corrected chi connectivity index (χ4v) is 1.54. The van der Waals surface area contributed by atoms with Gasteiger partial charge in [-0.15, -0.1) is 0 Å². The van der Waals surface area contributed by atoms with Crippen LogP contribution in [-0.4, -0.2) is 24.8 Å². The van der Waals surface area contributed by atoms with E-state index in [1.54, 1.807) is 0 Å². The summed E-state index contributed by atoms with van der Waals surface area (Å²) in [6.07, 6.45) is 0.969. The highest BCUT2D eigenvalue weighted by molar-refractivity contribution is 7.92. The van der Waals surface area contributed by atoms with Crippen molar-refractivity contribution in [3.63, 3.8) is 0 Å². The molecule has 15 heavy (non-hydrogen) atoms. The van der Waals surface area contributed by atoms with Crippen LogP contribution in [0.2, 0.25) is 0 Å². The molecule has 0 aromatic heterocycles. The lowest BCUT2D eigenvalue weighted by Crippen LogP contribution is -2.10. The summed E-state index contributed by atoms with van der Waals surface area (Å²) in [6, 6.07) is 3.82. The quantitative estimate of drug-likeness (QED) is 0.517. The van der Waals surface area contributed by atoms with Gasteiger partial charge >= 0.3 is 5.69 Å². The van der Waals surface area contributed by atoms with E-state index in [0.717, 1.165) is 12.3 Å². The molecular weight excluding hydrogens is 222 g/mol. The van der Waals surface area contributed by atoms with Gasteiger partial charge in [-0.05, 0) is 12.1 Å². The summed E-state index contributed by atoms with van der Waals surface area (Å²) in [5.74, 6) is 0. The number of nitrogens with zero attached hydrogens (tertiary/aromatic N) is 1. The van der Waals surface area contributed by atoms with Crippen molar-refractivity contribution in [3.8, 4) is 0 Å². The third-order valence-electron chi connectivity index (χ3n) is 1.54. The molecule has 1 rings (SSSR count). The summed E-state index contributed by atoms with van der Waals surface area (Å²) in [4.78, 5) is 10.2. The molecule has 0 fully saturated rings. The van der Waals surface area contributed by atoms with Crippen molar-refractivity contribution in [2.45, 2.75) is 0 Å². The van der Waals surface area contributed by atoms with Gasteiger partial charge in [-0.2, -0.15) is 0 Å². The first kappa shape index (κ1) is 11.2. The van der Waals surface area contributed by atoms with E-state index in [4.69, 9.17) is 10.9 Å². The minimum Gasteiger partial charge on any atom is -0.393 e. The standard InChI is InChI=1S/C7H10N3O4S/c1-15(13,14)9-5-2-3-6(8)7(4-5)10(11)12/h2-4,9H,8H2,1H3,(H,11,12)/q+1. The maximum absolute atomic E-state index is 10.9. The Hall–Kier alpha value is -1.83. The van der Waals surface area contributed by atoms with Crippen molar-refractivity contribution in [1.29, 1.82) is 0 Å². The lowest BCUT2D eigenvalue weighted by Gasteiger charge is -2.02. The van der Waals surface area contributed by atoms with Crippen LogP contribution in [0.3, 0.4) is 0 Å². The van der Waals surface area contributed by atoms with Crippen LogP contribution in [0.1, 0.15) is 0 Å². The van der Waals surface area contributed by atoms with E-state index >= 15 is 0 Å². The Balaban J connectivity index is 3.14. The molecule has 0 unspecified atom stereocenters. The SMILES string of the molecule is CS(=O)(=O)Nc1ccc(N)c([N+](=O)O)c1. The van der Waals surface area contributed by atoms with Gasteiger partial charge in [0.15, 0.2) is 0 Å². The molecule has 0 saturated carbocycles. The normalized spacial score (nSPS) is 11.0. The first-order chi connectivity index (χ1) is 6.79. The van der Waals surface area contributed by atoms with Crippen molar-refractivity contribution >= 4 is 27.1 Å². The lowest BCUT2D eigenvalue weighted by atomic mass is 10.2. The Kier molecular flexibility index (Phi) is 2.80. The molecule has 0 aliphatic heterocycles. The number of rotatable bonds is 3. The van der Waals surface area contributed by atoms with Crippen molar-refractivity contribution < 1.29 is 18.5 Å². The van der Waals surface area contributed by atoms with E-state index in [1.165, 1.54) is 12.1 Å². The van der Waals surface area contributed by atoms with E-state index in [-0.39, 0.29) is 17.1 Å². The highest BCUT2D eigenvalue weighted by atomic mass is 32.2. The minimum atomic E-state index is -3.43. The Morgan fingerprint density at radius 1 is 1.47 bits per heavy atom. The number of nitrogens with two attached hydrogens (primary N) is 1. The molecule has 0 bridgehead atoms. The minimum absolute atomic E-state index is 0.0477. The summed E-state index contributed by atoms with van der Waals surface area (Å²) in [7, 11) is -3.43. The lowest BCUT2D eigenvalue weighted by molar-refractivity contribution is -0.729. The van der Waals surface area contributed by atoms with Crippen LogP contribution >= 0.6 is 0 Å². The number of benzene rings is 1. The zero-order chi connectivity index (χ0) is 11.6. The van der Waals surface area contributed by atoms with Gasteiger partial charge in [0.25, 0.3) is 4.92 Å². The van der Waals surface area contributed by atoms with Gasteiger partial charge in [-0.25, -0.2) is 13.6 Å². The molecule has 1 aromatic carbocycles. The van der Waals surface area contributed by atoms with Crippen LogP contribution in [-0.2, 0) is 10.0 Å². The van der Waals surface area contributed by atoms with Gasteiger partial charge in [0.05, 0.1) is 16.9 Å². The zero-order valence-electron chi connectivity index (χ0n) is 7.84. The van der Waals surface area contributed by atoms with Gasteiger partial charge in [-0.3, -0.25) is 4.72 Å². The second kappa shape index (κ2) is 3.73. The maximum atomic E-state index is 10.9. The van der Waals surface area contributed by atoms with Crippen molar-refractivity contribution in [3.05, 3.63) is 23.1 Å². The zero-order valence-corrected chi connectivity index (χ0v) is 8.65. The molecule has 0 aliphatic carbocycles. The number of sulfonamides is 1. The van der Waals surface area contributed by atoms with Crippen molar-refractivity contribution in [1.82, 2.24) is 0 Å². The highest BCUT2D eigenvalue weighted by Crippen LogP contribution is 2.24. The second-order valence-corrected chi connectivity index (χ2v) is 4.67. The summed E-state index contributed by atoms with van der Waals surface area (Å²) < 4.78 is 23.9. The van der Waals surface area contributed by atoms with Gasteiger partial charge < -0.3 is 5.73 Å². The monoisotopic (exact) mass is 232 g/mol. The van der Waals surface area contributed by atoms with Gasteiger partial charge in [0, 0.05) is 6.07 Å².